The summed E-state index contributed by atoms with van der Waals surface area (Å²) < 4.78 is 0.487. The van der Waals surface area contributed by atoms with Gasteiger partial charge in [-0.15, -0.1) is 0 Å². The molecule has 13 heavy (non-hydrogen) atoms. The first kappa shape index (κ1) is 9.98. The van der Waals surface area contributed by atoms with Crippen LogP contribution in [-0.2, 0) is 0 Å². The Labute approximate surface area is 84.4 Å². The summed E-state index contributed by atoms with van der Waals surface area (Å²) in [7, 11) is 3.76. The molecule has 70 valence electrons. The summed E-state index contributed by atoms with van der Waals surface area (Å²) in [6.45, 7) is 0. The summed E-state index contributed by atoms with van der Waals surface area (Å²) in [6.07, 6.45) is 3.23. The lowest BCUT2D eigenvalue weighted by Gasteiger charge is -2.01. The molecule has 5 heteroatoms. The number of aromatic nitrogens is 1. The van der Waals surface area contributed by atoms with Gasteiger partial charge >= 0.3 is 0 Å². The second kappa shape index (κ2) is 4.23. The van der Waals surface area contributed by atoms with E-state index in [9.17, 15) is 4.79 Å². The van der Waals surface area contributed by atoms with Crippen molar-refractivity contribution in [1.82, 2.24) is 9.88 Å². The van der Waals surface area contributed by atoms with Crippen molar-refractivity contribution in [2.24, 2.45) is 4.99 Å². The highest BCUT2D eigenvalue weighted by Gasteiger charge is 1.95. The van der Waals surface area contributed by atoms with Gasteiger partial charge in [0, 0.05) is 20.3 Å². The summed E-state index contributed by atoms with van der Waals surface area (Å²) in [4.78, 5) is 19.4. The SMILES string of the molecule is CN(C)C=Nc1c[nH]c(=O)c(Br)c1. The Bertz CT molecular complexity index is 370. The third-order valence-electron chi connectivity index (χ3n) is 1.28. The maximum atomic E-state index is 10.9. The van der Waals surface area contributed by atoms with Crippen LogP contribution in [0.4, 0.5) is 5.69 Å². The lowest BCUT2D eigenvalue weighted by atomic mass is 10.4. The molecule has 1 aromatic heterocycles. The van der Waals surface area contributed by atoms with Gasteiger partial charge in [0.2, 0.25) is 0 Å². The number of nitrogens with one attached hydrogen (secondary N) is 1. The van der Waals surface area contributed by atoms with E-state index in [4.69, 9.17) is 0 Å². The first-order valence-electron chi connectivity index (χ1n) is 3.68. The number of hydrogen-bond donors (Lipinski definition) is 1. The van der Waals surface area contributed by atoms with E-state index < -0.39 is 0 Å². The Hall–Kier alpha value is -1.10. The molecule has 1 rings (SSSR count). The normalized spacial score (nSPS) is 10.7. The molecule has 0 radical (unpaired) electrons. The molecule has 0 saturated carbocycles. The van der Waals surface area contributed by atoms with E-state index in [1.54, 1.807) is 18.6 Å². The molecular weight excluding hydrogens is 234 g/mol. The molecule has 0 saturated heterocycles. The number of aliphatic imine (C=N–C) groups is 1. The molecule has 0 aromatic carbocycles. The van der Waals surface area contributed by atoms with Crippen molar-refractivity contribution in [3.63, 3.8) is 0 Å². The Morgan fingerprint density at radius 3 is 2.85 bits per heavy atom. The first-order valence-corrected chi connectivity index (χ1v) is 4.48. The van der Waals surface area contributed by atoms with Crippen molar-refractivity contribution >= 4 is 28.0 Å². The average molecular weight is 244 g/mol. The smallest absolute Gasteiger partial charge is 0.262 e. The van der Waals surface area contributed by atoms with Gasteiger partial charge in [-0.25, -0.2) is 4.99 Å². The summed E-state index contributed by atoms with van der Waals surface area (Å²) in [5, 5.41) is 0. The largest absolute Gasteiger partial charge is 0.369 e. The van der Waals surface area contributed by atoms with E-state index in [1.165, 1.54) is 0 Å². The van der Waals surface area contributed by atoms with Crippen molar-refractivity contribution in [2.75, 3.05) is 14.1 Å². The van der Waals surface area contributed by atoms with Crippen LogP contribution >= 0.6 is 15.9 Å². The van der Waals surface area contributed by atoms with E-state index in [0.29, 0.717) is 10.2 Å². The van der Waals surface area contributed by atoms with Gasteiger partial charge in [-0.05, 0) is 22.0 Å². The molecular formula is C8H10BrN3O. The fraction of sp³-hybridized carbons (Fsp3) is 0.250. The Balaban J connectivity index is 2.92. The van der Waals surface area contributed by atoms with E-state index in [-0.39, 0.29) is 5.56 Å². The van der Waals surface area contributed by atoms with Crippen LogP contribution < -0.4 is 5.56 Å². The number of nitrogens with zero attached hydrogens (tertiary/aromatic N) is 2. The number of aromatic amines is 1. The monoisotopic (exact) mass is 243 g/mol. The minimum atomic E-state index is -0.149. The zero-order chi connectivity index (χ0) is 9.84. The van der Waals surface area contributed by atoms with Crippen LogP contribution in [0.15, 0.2) is 26.5 Å². The minimum absolute atomic E-state index is 0.149. The van der Waals surface area contributed by atoms with Gasteiger partial charge in [0.25, 0.3) is 5.56 Å². The Morgan fingerprint density at radius 2 is 2.31 bits per heavy atom. The molecule has 1 N–H and O–H groups in total. The van der Waals surface area contributed by atoms with E-state index >= 15 is 0 Å². The van der Waals surface area contributed by atoms with Crippen molar-refractivity contribution < 1.29 is 0 Å². The highest BCUT2D eigenvalue weighted by Crippen LogP contribution is 2.12. The molecule has 4 nitrogen and oxygen atoms in total. The molecule has 0 aliphatic carbocycles. The van der Waals surface area contributed by atoms with Crippen molar-refractivity contribution in [3.8, 4) is 0 Å². The zero-order valence-corrected chi connectivity index (χ0v) is 9.00. The maximum absolute atomic E-state index is 10.9. The van der Waals surface area contributed by atoms with Crippen LogP contribution in [0.3, 0.4) is 0 Å². The summed E-state index contributed by atoms with van der Waals surface area (Å²) in [5.41, 5.74) is 0.559. The van der Waals surface area contributed by atoms with Crippen LogP contribution in [0.5, 0.6) is 0 Å². The van der Waals surface area contributed by atoms with Gasteiger partial charge in [0.05, 0.1) is 16.5 Å². The van der Waals surface area contributed by atoms with Gasteiger partial charge in [-0.2, -0.15) is 0 Å². The molecule has 0 unspecified atom stereocenters. The standard InChI is InChI=1S/C8H10BrN3O/c1-12(2)5-11-6-3-7(9)8(13)10-4-6/h3-5H,1-2H3,(H,10,13). The molecule has 0 amide bonds. The van der Waals surface area contributed by atoms with Gasteiger partial charge < -0.3 is 9.88 Å². The number of H-pyrrole nitrogens is 1. The van der Waals surface area contributed by atoms with Crippen molar-refractivity contribution in [3.05, 3.63) is 27.1 Å². The average Bonchev–Trinajstić information content (AvgIpc) is 2.07. The molecule has 1 heterocycles. The van der Waals surface area contributed by atoms with Crippen LogP contribution in [-0.4, -0.2) is 30.3 Å². The third-order valence-corrected chi connectivity index (χ3v) is 1.87. The summed E-state index contributed by atoms with van der Waals surface area (Å²) in [5.74, 6) is 0. The zero-order valence-electron chi connectivity index (χ0n) is 7.41. The Morgan fingerprint density at radius 1 is 1.62 bits per heavy atom. The van der Waals surface area contributed by atoms with Crippen LogP contribution in [0, 0.1) is 0 Å². The predicted molar refractivity (Wildman–Crippen MR) is 56.6 cm³/mol. The van der Waals surface area contributed by atoms with Crippen LogP contribution in [0.2, 0.25) is 0 Å². The number of hydrogen-bond acceptors (Lipinski definition) is 2. The van der Waals surface area contributed by atoms with Crippen molar-refractivity contribution in [1.29, 1.82) is 0 Å². The van der Waals surface area contributed by atoms with Gasteiger partial charge in [-0.3, -0.25) is 4.79 Å². The fourth-order valence-corrected chi connectivity index (χ4v) is 1.05. The molecule has 1 aromatic rings. The second-order valence-electron chi connectivity index (χ2n) is 2.74. The molecule has 0 aliphatic rings. The quantitative estimate of drug-likeness (QED) is 0.630. The topological polar surface area (TPSA) is 48.5 Å². The maximum Gasteiger partial charge on any atom is 0.262 e. The van der Waals surface area contributed by atoms with Gasteiger partial charge in [0.1, 0.15) is 0 Å². The lowest BCUT2D eigenvalue weighted by Crippen LogP contribution is -2.07. The van der Waals surface area contributed by atoms with Crippen LogP contribution in [0.25, 0.3) is 0 Å². The molecule has 0 spiro atoms. The number of pyridine rings is 1. The van der Waals surface area contributed by atoms with Gasteiger partial charge in [0.15, 0.2) is 0 Å². The van der Waals surface area contributed by atoms with E-state index in [1.807, 2.05) is 19.0 Å². The third kappa shape index (κ3) is 3.02. The highest BCUT2D eigenvalue weighted by molar-refractivity contribution is 9.10. The first-order chi connectivity index (χ1) is 6.09. The number of halogens is 1. The van der Waals surface area contributed by atoms with Gasteiger partial charge in [-0.1, -0.05) is 0 Å². The Kier molecular flexibility index (Phi) is 3.25. The van der Waals surface area contributed by atoms with E-state index in [0.717, 1.165) is 0 Å². The molecule has 0 atom stereocenters. The molecule has 0 aliphatic heterocycles. The van der Waals surface area contributed by atoms with Crippen molar-refractivity contribution in [2.45, 2.75) is 0 Å². The molecule has 0 fully saturated rings. The second-order valence-corrected chi connectivity index (χ2v) is 3.60. The van der Waals surface area contributed by atoms with E-state index in [2.05, 4.69) is 25.9 Å². The van der Waals surface area contributed by atoms with Crippen LogP contribution in [0.1, 0.15) is 0 Å². The fourth-order valence-electron chi connectivity index (χ4n) is 0.702. The minimum Gasteiger partial charge on any atom is -0.369 e. The highest BCUT2D eigenvalue weighted by atomic mass is 79.9. The summed E-state index contributed by atoms with van der Waals surface area (Å²) in [6, 6.07) is 1.67. The predicted octanol–water partition coefficient (Wildman–Crippen LogP) is 1.36. The number of rotatable bonds is 2. The lowest BCUT2D eigenvalue weighted by molar-refractivity contribution is 0.643. The molecule has 0 bridgehead atoms. The summed E-state index contributed by atoms with van der Waals surface area (Å²) >= 11 is 3.12.